The second-order valence-electron chi connectivity index (χ2n) is 3.19. The average Bonchev–Trinajstić information content (AvgIpc) is 2.08. The first kappa shape index (κ1) is 12.9. The molecule has 2 N–H and O–H groups in total. The second-order valence-corrected chi connectivity index (χ2v) is 3.19. The summed E-state index contributed by atoms with van der Waals surface area (Å²) in [5, 5.41) is 10.5. The van der Waals surface area contributed by atoms with E-state index >= 15 is 0 Å². The third kappa shape index (κ3) is 8.99. The smallest absolute Gasteiger partial charge is 0.322 e. The first-order valence-corrected chi connectivity index (χ1v) is 4.62. The summed E-state index contributed by atoms with van der Waals surface area (Å²) in [4.78, 5) is 21.0. The van der Waals surface area contributed by atoms with Gasteiger partial charge in [-0.25, -0.2) is 0 Å². The molecule has 0 heterocycles. The molecular weight excluding hydrogens is 186 g/mol. The summed E-state index contributed by atoms with van der Waals surface area (Å²) in [5.41, 5.74) is 0. The Morgan fingerprint density at radius 1 is 1.43 bits per heavy atom. The molecule has 0 spiro atoms. The lowest BCUT2D eigenvalue weighted by Gasteiger charge is -2.06. The molecular formula is C9H17NO4. The van der Waals surface area contributed by atoms with Crippen LogP contribution in [0.15, 0.2) is 0 Å². The predicted octanol–water partition coefficient (Wildman–Crippen LogP) is 0.392. The van der Waals surface area contributed by atoms with Crippen LogP contribution in [0, 0.1) is 0 Å². The number of aliphatic carboxylic acids is 1. The fraction of sp³-hybridized carbons (Fsp3) is 0.778. The van der Waals surface area contributed by atoms with Gasteiger partial charge in [0.2, 0.25) is 5.91 Å². The molecule has 0 aromatic carbocycles. The van der Waals surface area contributed by atoms with E-state index < -0.39 is 5.97 Å². The number of nitrogens with one attached hydrogen (secondary N) is 1. The van der Waals surface area contributed by atoms with Gasteiger partial charge in [-0.3, -0.25) is 9.59 Å². The summed E-state index contributed by atoms with van der Waals surface area (Å²) in [6.45, 7) is 4.05. The molecule has 14 heavy (non-hydrogen) atoms. The maximum atomic E-state index is 11.0. The molecule has 0 unspecified atom stereocenters. The van der Waals surface area contributed by atoms with Gasteiger partial charge in [-0.05, 0) is 20.3 Å². The molecule has 0 aliphatic heterocycles. The van der Waals surface area contributed by atoms with Crippen LogP contribution in [-0.4, -0.2) is 36.2 Å². The molecule has 0 saturated carbocycles. The van der Waals surface area contributed by atoms with Crippen LogP contribution in [0.25, 0.3) is 0 Å². The number of hydrogen-bond donors (Lipinski definition) is 2. The van der Waals surface area contributed by atoms with Crippen LogP contribution < -0.4 is 5.32 Å². The van der Waals surface area contributed by atoms with Gasteiger partial charge < -0.3 is 15.2 Å². The number of carboxylic acid groups (broad SMARTS) is 1. The van der Waals surface area contributed by atoms with Gasteiger partial charge in [0.1, 0.15) is 6.54 Å². The number of amides is 1. The van der Waals surface area contributed by atoms with Crippen molar-refractivity contribution in [2.24, 2.45) is 0 Å². The quantitative estimate of drug-likeness (QED) is 0.587. The molecule has 1 amide bonds. The lowest BCUT2D eigenvalue weighted by molar-refractivity contribution is -0.138. The molecule has 0 aromatic heterocycles. The van der Waals surface area contributed by atoms with Crippen LogP contribution in [0.2, 0.25) is 0 Å². The Balaban J connectivity index is 3.31. The zero-order valence-corrected chi connectivity index (χ0v) is 8.58. The van der Waals surface area contributed by atoms with E-state index in [1.165, 1.54) is 0 Å². The van der Waals surface area contributed by atoms with E-state index in [1.54, 1.807) is 0 Å². The molecule has 0 aliphatic carbocycles. The summed E-state index contributed by atoms with van der Waals surface area (Å²) < 4.78 is 5.22. The molecule has 5 heteroatoms. The summed E-state index contributed by atoms with van der Waals surface area (Å²) in [5.74, 6) is -1.28. The Bertz CT molecular complexity index is 191. The van der Waals surface area contributed by atoms with Crippen LogP contribution >= 0.6 is 0 Å². The van der Waals surface area contributed by atoms with Crippen molar-refractivity contribution < 1.29 is 19.4 Å². The van der Waals surface area contributed by atoms with Gasteiger partial charge in [0.15, 0.2) is 0 Å². The highest BCUT2D eigenvalue weighted by atomic mass is 16.5. The van der Waals surface area contributed by atoms with Gasteiger partial charge >= 0.3 is 5.97 Å². The maximum absolute atomic E-state index is 11.0. The minimum Gasteiger partial charge on any atom is -0.480 e. The van der Waals surface area contributed by atoms with E-state index in [-0.39, 0.29) is 18.6 Å². The molecule has 0 radical (unpaired) electrons. The van der Waals surface area contributed by atoms with Gasteiger partial charge in [-0.2, -0.15) is 0 Å². The van der Waals surface area contributed by atoms with Gasteiger partial charge in [0.05, 0.1) is 6.10 Å². The molecule has 0 fully saturated rings. The van der Waals surface area contributed by atoms with Crippen LogP contribution in [0.5, 0.6) is 0 Å². The Labute approximate surface area is 83.4 Å². The van der Waals surface area contributed by atoms with Crippen molar-refractivity contribution >= 4 is 11.9 Å². The number of carbonyl (C=O) groups is 2. The normalized spacial score (nSPS) is 10.2. The summed E-state index contributed by atoms with van der Waals surface area (Å²) in [6.07, 6.45) is 1.08. The number of hydrogen-bond acceptors (Lipinski definition) is 3. The number of rotatable bonds is 7. The van der Waals surface area contributed by atoms with Crippen molar-refractivity contribution in [1.29, 1.82) is 0 Å². The third-order valence-corrected chi connectivity index (χ3v) is 1.44. The van der Waals surface area contributed by atoms with Crippen LogP contribution in [0.4, 0.5) is 0 Å². The maximum Gasteiger partial charge on any atom is 0.322 e. The van der Waals surface area contributed by atoms with Crippen LogP contribution in [-0.2, 0) is 14.3 Å². The molecule has 0 aromatic rings. The van der Waals surface area contributed by atoms with E-state index in [0.717, 1.165) is 0 Å². The second kappa shape index (κ2) is 7.32. The molecule has 0 atom stereocenters. The van der Waals surface area contributed by atoms with E-state index in [2.05, 4.69) is 5.32 Å². The fourth-order valence-electron chi connectivity index (χ4n) is 0.814. The van der Waals surface area contributed by atoms with E-state index in [1.807, 2.05) is 13.8 Å². The SMILES string of the molecule is CC(C)OCCCC(=O)NCC(=O)O. The Morgan fingerprint density at radius 3 is 2.57 bits per heavy atom. The lowest BCUT2D eigenvalue weighted by Crippen LogP contribution is -2.29. The van der Waals surface area contributed by atoms with Gasteiger partial charge in [0.25, 0.3) is 0 Å². The van der Waals surface area contributed by atoms with Crippen molar-refractivity contribution in [2.45, 2.75) is 32.8 Å². The van der Waals surface area contributed by atoms with Crippen molar-refractivity contribution in [3.8, 4) is 0 Å². The fourth-order valence-corrected chi connectivity index (χ4v) is 0.814. The summed E-state index contributed by atoms with van der Waals surface area (Å²) in [7, 11) is 0. The topological polar surface area (TPSA) is 75.6 Å². The molecule has 0 rings (SSSR count). The number of ether oxygens (including phenoxy) is 1. The Kier molecular flexibility index (Phi) is 6.74. The number of carbonyl (C=O) groups excluding carboxylic acids is 1. The summed E-state index contributed by atoms with van der Waals surface area (Å²) in [6, 6.07) is 0. The Hall–Kier alpha value is -1.10. The van der Waals surface area contributed by atoms with Crippen molar-refractivity contribution in [3.05, 3.63) is 0 Å². The minimum atomic E-state index is -1.03. The van der Waals surface area contributed by atoms with Crippen LogP contribution in [0.1, 0.15) is 26.7 Å². The molecule has 0 bridgehead atoms. The highest BCUT2D eigenvalue weighted by Crippen LogP contribution is 1.94. The molecule has 0 aliphatic rings. The van der Waals surface area contributed by atoms with Crippen molar-refractivity contribution in [2.75, 3.05) is 13.2 Å². The summed E-state index contributed by atoms with van der Waals surface area (Å²) >= 11 is 0. The van der Waals surface area contributed by atoms with Gasteiger partial charge in [0, 0.05) is 13.0 Å². The largest absolute Gasteiger partial charge is 0.480 e. The zero-order chi connectivity index (χ0) is 11.0. The first-order chi connectivity index (χ1) is 6.52. The monoisotopic (exact) mass is 203 g/mol. The third-order valence-electron chi connectivity index (χ3n) is 1.44. The first-order valence-electron chi connectivity index (χ1n) is 4.62. The van der Waals surface area contributed by atoms with Gasteiger partial charge in [-0.1, -0.05) is 0 Å². The highest BCUT2D eigenvalue weighted by molar-refractivity contribution is 5.80. The molecule has 0 saturated heterocycles. The molecule has 5 nitrogen and oxygen atoms in total. The zero-order valence-electron chi connectivity index (χ0n) is 8.58. The minimum absolute atomic E-state index is 0.164. The lowest BCUT2D eigenvalue weighted by atomic mass is 10.3. The Morgan fingerprint density at radius 2 is 2.07 bits per heavy atom. The predicted molar refractivity (Wildman–Crippen MR) is 51.0 cm³/mol. The van der Waals surface area contributed by atoms with E-state index in [9.17, 15) is 9.59 Å². The highest BCUT2D eigenvalue weighted by Gasteiger charge is 2.03. The van der Waals surface area contributed by atoms with E-state index in [0.29, 0.717) is 19.4 Å². The van der Waals surface area contributed by atoms with E-state index in [4.69, 9.17) is 9.84 Å². The standard InChI is InChI=1S/C9H17NO4/c1-7(2)14-5-3-4-8(11)10-6-9(12)13/h7H,3-6H2,1-2H3,(H,10,11)(H,12,13). The number of carboxylic acids is 1. The van der Waals surface area contributed by atoms with Gasteiger partial charge in [-0.15, -0.1) is 0 Å². The van der Waals surface area contributed by atoms with Crippen molar-refractivity contribution in [1.82, 2.24) is 5.32 Å². The molecule has 82 valence electrons. The average molecular weight is 203 g/mol. The van der Waals surface area contributed by atoms with Crippen LogP contribution in [0.3, 0.4) is 0 Å². The van der Waals surface area contributed by atoms with Crippen molar-refractivity contribution in [3.63, 3.8) is 0 Å².